The molecule has 2 aromatic rings. The molecule has 1 aliphatic rings. The Balaban J connectivity index is 1.79. The molecule has 0 spiro atoms. The lowest BCUT2D eigenvalue weighted by Gasteiger charge is -2.15. The molecular formula is C18H19NO4S. The third kappa shape index (κ3) is 3.33. The van der Waals surface area contributed by atoms with Crippen LogP contribution in [0.1, 0.15) is 27.8 Å². The standard InChI is InChI=1S/C18H19NO4S/c1-24-11-13-7-8-16(23-13)17(20)19-9-14(15(10-19)18(21)22)12-5-3-2-4-6-12/h2-8,14-15H,9-11H2,1H3,(H,21,22)/t14-,15+/m0/s1. The number of furan rings is 1. The number of carboxylic acid groups (broad SMARTS) is 1. The van der Waals surface area contributed by atoms with Gasteiger partial charge in [-0.15, -0.1) is 0 Å². The van der Waals surface area contributed by atoms with E-state index in [0.717, 1.165) is 11.3 Å². The first-order valence-electron chi connectivity index (χ1n) is 7.75. The van der Waals surface area contributed by atoms with Crippen LogP contribution in [0.3, 0.4) is 0 Å². The molecule has 0 radical (unpaired) electrons. The monoisotopic (exact) mass is 345 g/mol. The van der Waals surface area contributed by atoms with Crippen LogP contribution in [-0.4, -0.2) is 41.2 Å². The Bertz CT molecular complexity index is 728. The van der Waals surface area contributed by atoms with Gasteiger partial charge in [0.05, 0.1) is 11.7 Å². The molecule has 1 aliphatic heterocycles. The van der Waals surface area contributed by atoms with Gasteiger partial charge >= 0.3 is 5.97 Å². The molecule has 1 N–H and O–H groups in total. The van der Waals surface area contributed by atoms with Crippen molar-refractivity contribution in [2.45, 2.75) is 11.7 Å². The van der Waals surface area contributed by atoms with Crippen LogP contribution in [0.2, 0.25) is 0 Å². The number of carbonyl (C=O) groups excluding carboxylic acids is 1. The number of aliphatic carboxylic acids is 1. The van der Waals surface area contributed by atoms with Gasteiger partial charge in [0.2, 0.25) is 0 Å². The Labute approximate surface area is 144 Å². The smallest absolute Gasteiger partial charge is 0.308 e. The van der Waals surface area contributed by atoms with Gasteiger partial charge in [0, 0.05) is 19.0 Å². The number of carbonyl (C=O) groups is 2. The fourth-order valence-electron chi connectivity index (χ4n) is 3.13. The molecular weight excluding hydrogens is 326 g/mol. The molecule has 5 nitrogen and oxygen atoms in total. The minimum Gasteiger partial charge on any atom is -0.481 e. The second kappa shape index (κ2) is 7.13. The second-order valence-corrected chi connectivity index (χ2v) is 6.74. The van der Waals surface area contributed by atoms with Crippen molar-refractivity contribution in [1.82, 2.24) is 4.90 Å². The van der Waals surface area contributed by atoms with E-state index in [1.807, 2.05) is 36.6 Å². The summed E-state index contributed by atoms with van der Waals surface area (Å²) in [5.74, 6) is -0.187. The highest BCUT2D eigenvalue weighted by Crippen LogP contribution is 2.33. The van der Waals surface area contributed by atoms with E-state index in [0.29, 0.717) is 12.3 Å². The van der Waals surface area contributed by atoms with Gasteiger partial charge in [-0.1, -0.05) is 30.3 Å². The summed E-state index contributed by atoms with van der Waals surface area (Å²) < 4.78 is 5.58. The van der Waals surface area contributed by atoms with Crippen molar-refractivity contribution >= 4 is 23.6 Å². The summed E-state index contributed by atoms with van der Waals surface area (Å²) in [5, 5.41) is 9.53. The molecule has 0 aliphatic carbocycles. The highest BCUT2D eigenvalue weighted by Gasteiger charge is 2.41. The average molecular weight is 345 g/mol. The molecule has 0 bridgehead atoms. The summed E-state index contributed by atoms with van der Waals surface area (Å²) in [6, 6.07) is 13.0. The number of amides is 1. The summed E-state index contributed by atoms with van der Waals surface area (Å²) >= 11 is 1.62. The number of thioether (sulfide) groups is 1. The van der Waals surface area contributed by atoms with Crippen LogP contribution in [0.5, 0.6) is 0 Å². The topological polar surface area (TPSA) is 70.8 Å². The van der Waals surface area contributed by atoms with Gasteiger partial charge < -0.3 is 14.4 Å². The zero-order valence-electron chi connectivity index (χ0n) is 13.3. The first-order valence-corrected chi connectivity index (χ1v) is 9.14. The normalized spacial score (nSPS) is 20.3. The molecule has 1 fully saturated rings. The number of hydrogen-bond acceptors (Lipinski definition) is 4. The Morgan fingerprint density at radius 2 is 1.96 bits per heavy atom. The van der Waals surface area contributed by atoms with Crippen molar-refractivity contribution in [3.05, 3.63) is 59.5 Å². The van der Waals surface area contributed by atoms with Crippen molar-refractivity contribution in [2.24, 2.45) is 5.92 Å². The number of benzene rings is 1. The van der Waals surface area contributed by atoms with Gasteiger partial charge in [0.25, 0.3) is 5.91 Å². The maximum atomic E-state index is 12.6. The van der Waals surface area contributed by atoms with Gasteiger partial charge in [0.15, 0.2) is 5.76 Å². The molecule has 1 aromatic carbocycles. The van der Waals surface area contributed by atoms with Crippen LogP contribution >= 0.6 is 11.8 Å². The molecule has 24 heavy (non-hydrogen) atoms. The highest BCUT2D eigenvalue weighted by molar-refractivity contribution is 7.97. The van der Waals surface area contributed by atoms with Crippen molar-refractivity contribution in [3.8, 4) is 0 Å². The van der Waals surface area contributed by atoms with Crippen molar-refractivity contribution in [3.63, 3.8) is 0 Å². The summed E-state index contributed by atoms with van der Waals surface area (Å²) in [6.45, 7) is 0.588. The fourth-order valence-corrected chi connectivity index (χ4v) is 3.57. The van der Waals surface area contributed by atoms with Crippen LogP contribution in [0, 0.1) is 5.92 Å². The van der Waals surface area contributed by atoms with E-state index in [9.17, 15) is 14.7 Å². The molecule has 6 heteroatoms. The Hall–Kier alpha value is -2.21. The quantitative estimate of drug-likeness (QED) is 0.902. The van der Waals surface area contributed by atoms with Crippen molar-refractivity contribution in [1.29, 1.82) is 0 Å². The van der Waals surface area contributed by atoms with Gasteiger partial charge in [0.1, 0.15) is 5.76 Å². The zero-order chi connectivity index (χ0) is 17.1. The molecule has 2 atom stereocenters. The van der Waals surface area contributed by atoms with E-state index in [1.54, 1.807) is 28.8 Å². The molecule has 1 aromatic heterocycles. The lowest BCUT2D eigenvalue weighted by molar-refractivity contribution is -0.141. The van der Waals surface area contributed by atoms with E-state index in [-0.39, 0.29) is 24.1 Å². The zero-order valence-corrected chi connectivity index (χ0v) is 14.2. The van der Waals surface area contributed by atoms with E-state index < -0.39 is 11.9 Å². The minimum absolute atomic E-state index is 0.201. The van der Waals surface area contributed by atoms with Gasteiger partial charge in [-0.3, -0.25) is 9.59 Å². The maximum Gasteiger partial charge on any atom is 0.308 e. The minimum atomic E-state index is -0.873. The molecule has 3 rings (SSSR count). The number of carboxylic acids is 1. The van der Waals surface area contributed by atoms with E-state index >= 15 is 0 Å². The Morgan fingerprint density at radius 1 is 1.21 bits per heavy atom. The van der Waals surface area contributed by atoms with Crippen molar-refractivity contribution in [2.75, 3.05) is 19.3 Å². The Morgan fingerprint density at radius 3 is 2.62 bits per heavy atom. The van der Waals surface area contributed by atoms with Crippen LogP contribution in [0.4, 0.5) is 0 Å². The number of nitrogens with zero attached hydrogens (tertiary/aromatic N) is 1. The van der Waals surface area contributed by atoms with Gasteiger partial charge in [-0.05, 0) is 24.0 Å². The Kier molecular flexibility index (Phi) is 4.94. The summed E-state index contributed by atoms with van der Waals surface area (Å²) in [7, 11) is 0. The molecule has 0 unspecified atom stereocenters. The van der Waals surface area contributed by atoms with Crippen LogP contribution in [0.25, 0.3) is 0 Å². The van der Waals surface area contributed by atoms with E-state index in [4.69, 9.17) is 4.42 Å². The molecule has 1 saturated heterocycles. The number of rotatable bonds is 5. The van der Waals surface area contributed by atoms with Crippen molar-refractivity contribution < 1.29 is 19.1 Å². The van der Waals surface area contributed by atoms with E-state index in [2.05, 4.69) is 0 Å². The van der Waals surface area contributed by atoms with Gasteiger partial charge in [-0.25, -0.2) is 0 Å². The SMILES string of the molecule is CSCc1ccc(C(=O)N2C[C@@H](C(=O)O)[C@H](c3ccccc3)C2)o1. The summed E-state index contributed by atoms with van der Waals surface area (Å²) in [5.41, 5.74) is 0.947. The van der Waals surface area contributed by atoms with Crippen LogP contribution < -0.4 is 0 Å². The number of likely N-dealkylation sites (tertiary alicyclic amines) is 1. The lowest BCUT2D eigenvalue weighted by Crippen LogP contribution is -2.29. The largest absolute Gasteiger partial charge is 0.481 e. The second-order valence-electron chi connectivity index (χ2n) is 5.87. The first-order chi connectivity index (χ1) is 11.6. The third-order valence-corrected chi connectivity index (χ3v) is 4.88. The maximum absolute atomic E-state index is 12.6. The van der Waals surface area contributed by atoms with Crippen LogP contribution in [-0.2, 0) is 10.5 Å². The average Bonchev–Trinajstić information content (AvgIpc) is 3.22. The van der Waals surface area contributed by atoms with Gasteiger partial charge in [-0.2, -0.15) is 11.8 Å². The summed E-state index contributed by atoms with van der Waals surface area (Å²) in [4.78, 5) is 25.8. The van der Waals surface area contributed by atoms with Crippen LogP contribution in [0.15, 0.2) is 46.9 Å². The number of hydrogen-bond donors (Lipinski definition) is 1. The first kappa shape index (κ1) is 16.6. The molecule has 1 amide bonds. The molecule has 0 saturated carbocycles. The lowest BCUT2D eigenvalue weighted by atomic mass is 9.89. The fraction of sp³-hybridized carbons (Fsp3) is 0.333. The summed E-state index contributed by atoms with van der Waals surface area (Å²) in [6.07, 6.45) is 1.96. The predicted octanol–water partition coefficient (Wildman–Crippen LogP) is 3.08. The highest BCUT2D eigenvalue weighted by atomic mass is 32.2. The molecule has 2 heterocycles. The third-order valence-electron chi connectivity index (χ3n) is 4.31. The van der Waals surface area contributed by atoms with E-state index in [1.165, 1.54) is 0 Å². The molecule has 126 valence electrons. The predicted molar refractivity (Wildman–Crippen MR) is 92.1 cm³/mol.